The molecule has 1 aromatic rings. The highest BCUT2D eigenvalue weighted by molar-refractivity contribution is 5.47. The lowest BCUT2D eigenvalue weighted by Crippen LogP contribution is -2.24. The van der Waals surface area contributed by atoms with E-state index in [9.17, 15) is 0 Å². The van der Waals surface area contributed by atoms with Gasteiger partial charge in [0.1, 0.15) is 0 Å². The molecule has 1 saturated carbocycles. The summed E-state index contributed by atoms with van der Waals surface area (Å²) in [6.07, 6.45) is 8.14. The molecule has 0 radical (unpaired) electrons. The Morgan fingerprint density at radius 1 is 1.25 bits per heavy atom. The van der Waals surface area contributed by atoms with Crippen molar-refractivity contribution in [2.24, 2.45) is 11.8 Å². The van der Waals surface area contributed by atoms with Gasteiger partial charge in [-0.25, -0.2) is 0 Å². The molecule has 2 unspecified atom stereocenters. The van der Waals surface area contributed by atoms with Crippen LogP contribution in [0.3, 0.4) is 0 Å². The third kappa shape index (κ3) is 1.09. The zero-order valence-corrected chi connectivity index (χ0v) is 7.67. The van der Waals surface area contributed by atoms with Gasteiger partial charge in [0, 0.05) is 11.5 Å². The number of fused-ring (bicyclic) bond motifs is 2. The maximum atomic E-state index is 3.23. The van der Waals surface area contributed by atoms with E-state index in [1.807, 2.05) is 20.0 Å². The first kappa shape index (κ1) is 7.66. The van der Waals surface area contributed by atoms with Crippen LogP contribution in [-0.4, -0.2) is 4.98 Å². The highest BCUT2D eigenvalue weighted by atomic mass is 14.7. The van der Waals surface area contributed by atoms with Gasteiger partial charge in [-0.3, -0.25) is 0 Å². The van der Waals surface area contributed by atoms with Gasteiger partial charge in [-0.1, -0.05) is 26.0 Å². The second-order valence-corrected chi connectivity index (χ2v) is 3.24. The zero-order valence-electron chi connectivity index (χ0n) is 7.67. The summed E-state index contributed by atoms with van der Waals surface area (Å²) < 4.78 is 0. The number of H-pyrrole nitrogens is 1. The topological polar surface area (TPSA) is 15.8 Å². The molecule has 2 aliphatic carbocycles. The Balaban J connectivity index is 0.000000264. The molecular formula is C11H15N. The van der Waals surface area contributed by atoms with Crippen LogP contribution in [0.5, 0.6) is 0 Å². The van der Waals surface area contributed by atoms with Crippen LogP contribution in [0.15, 0.2) is 12.3 Å². The lowest BCUT2D eigenvalue weighted by Gasteiger charge is -1.90. The van der Waals surface area contributed by atoms with Gasteiger partial charge >= 0.3 is 0 Å². The highest BCUT2D eigenvalue weighted by Crippen LogP contribution is 2.41. The molecule has 0 bridgehead atoms. The second kappa shape index (κ2) is 2.81. The van der Waals surface area contributed by atoms with Crippen molar-refractivity contribution in [3.8, 4) is 0 Å². The lowest BCUT2D eigenvalue weighted by molar-refractivity contribution is 1.05. The zero-order chi connectivity index (χ0) is 8.55. The van der Waals surface area contributed by atoms with E-state index >= 15 is 0 Å². The number of rotatable bonds is 0. The van der Waals surface area contributed by atoms with Crippen molar-refractivity contribution in [2.45, 2.75) is 20.3 Å². The summed E-state index contributed by atoms with van der Waals surface area (Å²) in [4.78, 5) is 3.23. The predicted molar refractivity (Wildman–Crippen MR) is 51.9 cm³/mol. The highest BCUT2D eigenvalue weighted by Gasteiger charge is 2.34. The van der Waals surface area contributed by atoms with Gasteiger partial charge in [0.25, 0.3) is 0 Å². The Hall–Kier alpha value is -0.980. The van der Waals surface area contributed by atoms with Crippen LogP contribution >= 0.6 is 0 Å². The molecule has 0 amide bonds. The first-order valence-electron chi connectivity index (χ1n) is 4.80. The minimum atomic E-state index is 0.867. The summed E-state index contributed by atoms with van der Waals surface area (Å²) in [5, 5.41) is 2.73. The SMILES string of the molecule is C1=c2cc[nH]c2=CC2CC12.CC. The van der Waals surface area contributed by atoms with E-state index in [-0.39, 0.29) is 0 Å². The second-order valence-electron chi connectivity index (χ2n) is 3.24. The van der Waals surface area contributed by atoms with Crippen LogP contribution < -0.4 is 10.6 Å². The van der Waals surface area contributed by atoms with Crippen molar-refractivity contribution >= 4 is 12.2 Å². The molecule has 1 nitrogen and oxygen atoms in total. The fourth-order valence-electron chi connectivity index (χ4n) is 1.75. The maximum absolute atomic E-state index is 3.23. The standard InChI is InChI=1S/C9H9N.C2H6/c1-2-10-9-5-8-4-7(8)3-6(1)9;1-2/h1-3,5,7-8,10H,4H2;1-2H3. The summed E-state index contributed by atoms with van der Waals surface area (Å²) >= 11 is 0. The van der Waals surface area contributed by atoms with Crippen molar-refractivity contribution in [1.29, 1.82) is 0 Å². The Bertz CT molecular complexity index is 337. The Kier molecular flexibility index (Phi) is 1.80. The smallest absolute Gasteiger partial charge is 0.0413 e. The van der Waals surface area contributed by atoms with Crippen molar-refractivity contribution < 1.29 is 0 Å². The minimum Gasteiger partial charge on any atom is -0.361 e. The summed E-state index contributed by atoms with van der Waals surface area (Å²) in [6, 6.07) is 2.15. The molecule has 2 aliphatic rings. The largest absolute Gasteiger partial charge is 0.361 e. The van der Waals surface area contributed by atoms with Gasteiger partial charge < -0.3 is 4.98 Å². The van der Waals surface area contributed by atoms with Crippen LogP contribution in [0.4, 0.5) is 0 Å². The van der Waals surface area contributed by atoms with Crippen LogP contribution in [0, 0.1) is 11.8 Å². The normalized spacial score (nSPS) is 28.2. The van der Waals surface area contributed by atoms with E-state index in [1.165, 1.54) is 17.0 Å². The van der Waals surface area contributed by atoms with E-state index in [0.717, 1.165) is 11.8 Å². The average molecular weight is 161 g/mol. The van der Waals surface area contributed by atoms with Crippen LogP contribution in [-0.2, 0) is 0 Å². The summed E-state index contributed by atoms with van der Waals surface area (Å²) in [7, 11) is 0. The predicted octanol–water partition coefficient (Wildman–Crippen LogP) is 1.25. The molecule has 2 atom stereocenters. The van der Waals surface area contributed by atoms with Crippen molar-refractivity contribution in [1.82, 2.24) is 4.98 Å². The lowest BCUT2D eigenvalue weighted by atomic mass is 10.2. The fraction of sp³-hybridized carbons (Fsp3) is 0.455. The average Bonchev–Trinajstić information content (AvgIpc) is 2.72. The molecule has 0 aromatic carbocycles. The van der Waals surface area contributed by atoms with Gasteiger partial charge in [0.15, 0.2) is 0 Å². The molecule has 12 heavy (non-hydrogen) atoms. The maximum Gasteiger partial charge on any atom is 0.0413 e. The first-order chi connectivity index (χ1) is 5.93. The Labute approximate surface area is 72.8 Å². The number of hydrogen-bond donors (Lipinski definition) is 1. The van der Waals surface area contributed by atoms with Crippen LogP contribution in [0.2, 0.25) is 0 Å². The molecule has 1 heterocycles. The summed E-state index contributed by atoms with van der Waals surface area (Å²) in [5.41, 5.74) is 0. The molecule has 1 aromatic heterocycles. The minimum absolute atomic E-state index is 0.867. The van der Waals surface area contributed by atoms with Gasteiger partial charge in [0.05, 0.1) is 0 Å². The molecule has 0 spiro atoms. The molecule has 1 heteroatoms. The molecule has 3 rings (SSSR count). The van der Waals surface area contributed by atoms with Crippen LogP contribution in [0.1, 0.15) is 20.3 Å². The molecule has 64 valence electrons. The summed E-state index contributed by atoms with van der Waals surface area (Å²) in [6.45, 7) is 4.00. The van der Waals surface area contributed by atoms with E-state index in [0.29, 0.717) is 0 Å². The molecule has 1 N–H and O–H groups in total. The van der Waals surface area contributed by atoms with Crippen molar-refractivity contribution in [3.63, 3.8) is 0 Å². The van der Waals surface area contributed by atoms with Crippen molar-refractivity contribution in [3.05, 3.63) is 22.8 Å². The monoisotopic (exact) mass is 161 g/mol. The fourth-order valence-corrected chi connectivity index (χ4v) is 1.75. The van der Waals surface area contributed by atoms with E-state index in [2.05, 4.69) is 23.2 Å². The van der Waals surface area contributed by atoms with Gasteiger partial charge in [-0.2, -0.15) is 0 Å². The Morgan fingerprint density at radius 3 is 2.83 bits per heavy atom. The van der Waals surface area contributed by atoms with E-state index in [4.69, 9.17) is 0 Å². The van der Waals surface area contributed by atoms with Crippen molar-refractivity contribution in [2.75, 3.05) is 0 Å². The van der Waals surface area contributed by atoms with Gasteiger partial charge in [0.2, 0.25) is 0 Å². The molecule has 0 saturated heterocycles. The molecule has 1 fully saturated rings. The third-order valence-electron chi connectivity index (χ3n) is 2.48. The van der Waals surface area contributed by atoms with E-state index < -0.39 is 0 Å². The molecule has 0 aliphatic heterocycles. The quantitative estimate of drug-likeness (QED) is 0.589. The number of aromatic nitrogens is 1. The molecular weight excluding hydrogens is 146 g/mol. The Morgan fingerprint density at radius 2 is 2.00 bits per heavy atom. The third-order valence-corrected chi connectivity index (χ3v) is 2.48. The van der Waals surface area contributed by atoms with Gasteiger partial charge in [-0.15, -0.1) is 0 Å². The first-order valence-corrected chi connectivity index (χ1v) is 4.80. The van der Waals surface area contributed by atoms with Crippen LogP contribution in [0.25, 0.3) is 12.2 Å². The van der Waals surface area contributed by atoms with Gasteiger partial charge in [-0.05, 0) is 29.5 Å². The van der Waals surface area contributed by atoms with E-state index in [1.54, 1.807) is 0 Å². The number of aromatic amines is 1. The summed E-state index contributed by atoms with van der Waals surface area (Å²) in [5.74, 6) is 1.74. The number of nitrogens with one attached hydrogen (secondary N) is 1. The number of hydrogen-bond acceptors (Lipinski definition) is 0.